The highest BCUT2D eigenvalue weighted by molar-refractivity contribution is 6.35. The van der Waals surface area contributed by atoms with Gasteiger partial charge in [0.05, 0.1) is 12.1 Å². The molecule has 0 bridgehead atoms. The number of nitrogens with one attached hydrogen (secondary N) is 2. The Bertz CT molecular complexity index is 409. The molecule has 2 N–H and O–H groups in total. The third-order valence-corrected chi connectivity index (χ3v) is 3.45. The Balaban J connectivity index is 2.74. The number of carbonyl (C=O) groups is 1. The van der Waals surface area contributed by atoms with Crippen molar-refractivity contribution in [1.29, 1.82) is 0 Å². The lowest BCUT2D eigenvalue weighted by Gasteiger charge is -2.20. The van der Waals surface area contributed by atoms with E-state index in [1.165, 1.54) is 0 Å². The summed E-state index contributed by atoms with van der Waals surface area (Å²) in [5.74, 6) is 0.0209. The van der Waals surface area contributed by atoms with E-state index in [0.29, 0.717) is 16.6 Å². The van der Waals surface area contributed by atoms with Crippen LogP contribution in [0.25, 0.3) is 0 Å². The molecule has 3 nitrogen and oxygen atoms in total. The molecule has 2 atom stereocenters. The average Bonchev–Trinajstić information content (AvgIpc) is 2.30. The minimum Gasteiger partial charge on any atom is -0.354 e. The van der Waals surface area contributed by atoms with Gasteiger partial charge in [-0.05, 0) is 19.1 Å². The Kier molecular flexibility index (Phi) is 5.25. The van der Waals surface area contributed by atoms with E-state index < -0.39 is 0 Å². The van der Waals surface area contributed by atoms with Gasteiger partial charge in [-0.3, -0.25) is 4.79 Å². The maximum Gasteiger partial charge on any atom is 0.277 e. The first-order valence-corrected chi connectivity index (χ1v) is 6.19. The number of likely N-dealkylation sites (N-methyl/N-ethyl adjacent to an activating group) is 2. The monoisotopic (exact) mass is 275 g/mol. The number of hydrogen-bond acceptors (Lipinski definition) is 1. The van der Waals surface area contributed by atoms with Gasteiger partial charge in [0.1, 0.15) is 6.54 Å². The Morgan fingerprint density at radius 3 is 2.65 bits per heavy atom. The van der Waals surface area contributed by atoms with Gasteiger partial charge < -0.3 is 10.2 Å². The zero-order valence-electron chi connectivity index (χ0n) is 10.2. The quantitative estimate of drug-likeness (QED) is 0.849. The van der Waals surface area contributed by atoms with Gasteiger partial charge in [0, 0.05) is 17.6 Å². The normalized spacial score (nSPS) is 14.2. The maximum atomic E-state index is 11.5. The summed E-state index contributed by atoms with van der Waals surface area (Å²) in [6, 6.07) is 5.30. The Morgan fingerprint density at radius 2 is 2.12 bits per heavy atom. The molecule has 0 saturated heterocycles. The molecule has 0 aliphatic carbocycles. The lowest BCUT2D eigenvalue weighted by molar-refractivity contribution is -0.908. The summed E-state index contributed by atoms with van der Waals surface area (Å²) >= 11 is 11.9. The molecule has 17 heavy (non-hydrogen) atoms. The SMILES string of the molecule is CNC(=O)[C@H](C)[NH+](C)Cc1ccc(Cl)cc1Cl. The topological polar surface area (TPSA) is 33.5 Å². The number of amides is 1. The van der Waals surface area contributed by atoms with E-state index in [-0.39, 0.29) is 11.9 Å². The number of quaternary nitrogens is 1. The summed E-state index contributed by atoms with van der Waals surface area (Å²) in [7, 11) is 3.60. The van der Waals surface area contributed by atoms with Crippen LogP contribution in [0, 0.1) is 0 Å². The highest BCUT2D eigenvalue weighted by Crippen LogP contribution is 2.20. The molecule has 0 aliphatic rings. The van der Waals surface area contributed by atoms with Crippen LogP contribution in [0.1, 0.15) is 12.5 Å². The van der Waals surface area contributed by atoms with Crippen molar-refractivity contribution < 1.29 is 9.69 Å². The van der Waals surface area contributed by atoms with Gasteiger partial charge in [-0.15, -0.1) is 0 Å². The van der Waals surface area contributed by atoms with Gasteiger partial charge in [-0.2, -0.15) is 0 Å². The van der Waals surface area contributed by atoms with E-state index in [1.54, 1.807) is 19.2 Å². The number of halogens is 2. The van der Waals surface area contributed by atoms with Gasteiger partial charge in [-0.25, -0.2) is 0 Å². The van der Waals surface area contributed by atoms with Crippen LogP contribution in [0.5, 0.6) is 0 Å². The van der Waals surface area contributed by atoms with Crippen molar-refractivity contribution >= 4 is 29.1 Å². The average molecular weight is 276 g/mol. The Morgan fingerprint density at radius 1 is 1.47 bits per heavy atom. The van der Waals surface area contributed by atoms with Crippen molar-refractivity contribution in [3.63, 3.8) is 0 Å². The minimum absolute atomic E-state index is 0.0209. The zero-order chi connectivity index (χ0) is 13.0. The zero-order valence-corrected chi connectivity index (χ0v) is 11.7. The molecule has 0 aliphatic heterocycles. The predicted octanol–water partition coefficient (Wildman–Crippen LogP) is 1.14. The minimum atomic E-state index is -0.119. The van der Waals surface area contributed by atoms with Gasteiger partial charge in [0.15, 0.2) is 6.04 Å². The summed E-state index contributed by atoms with van der Waals surface area (Å²) in [5.41, 5.74) is 0.990. The Labute approximate surface area is 112 Å². The summed E-state index contributed by atoms with van der Waals surface area (Å²) in [5, 5.41) is 3.90. The fraction of sp³-hybridized carbons (Fsp3) is 0.417. The van der Waals surface area contributed by atoms with Gasteiger partial charge in [-0.1, -0.05) is 29.3 Å². The van der Waals surface area contributed by atoms with Crippen LogP contribution < -0.4 is 10.2 Å². The number of carbonyl (C=O) groups excluding carboxylic acids is 1. The summed E-state index contributed by atoms with van der Waals surface area (Å²) in [6.07, 6.45) is 0. The highest BCUT2D eigenvalue weighted by Gasteiger charge is 2.21. The van der Waals surface area contributed by atoms with Crippen LogP contribution in [-0.2, 0) is 11.3 Å². The number of rotatable bonds is 4. The highest BCUT2D eigenvalue weighted by atomic mass is 35.5. The molecule has 0 heterocycles. The van der Waals surface area contributed by atoms with Crippen LogP contribution in [0.2, 0.25) is 10.0 Å². The third kappa shape index (κ3) is 3.87. The molecule has 1 rings (SSSR count). The fourth-order valence-electron chi connectivity index (χ4n) is 1.56. The van der Waals surface area contributed by atoms with Crippen molar-refractivity contribution in [2.24, 2.45) is 0 Å². The van der Waals surface area contributed by atoms with E-state index in [0.717, 1.165) is 10.5 Å². The van der Waals surface area contributed by atoms with Crippen LogP contribution >= 0.6 is 23.2 Å². The van der Waals surface area contributed by atoms with Crippen LogP contribution in [0.4, 0.5) is 0 Å². The molecule has 94 valence electrons. The van der Waals surface area contributed by atoms with Crippen molar-refractivity contribution in [3.05, 3.63) is 33.8 Å². The first-order chi connectivity index (χ1) is 7.95. The molecule has 1 aromatic carbocycles. The van der Waals surface area contributed by atoms with Crippen LogP contribution in [0.15, 0.2) is 18.2 Å². The van der Waals surface area contributed by atoms with E-state index in [1.807, 2.05) is 20.0 Å². The molecule has 0 aromatic heterocycles. The van der Waals surface area contributed by atoms with E-state index in [2.05, 4.69) is 5.32 Å². The number of benzene rings is 1. The Hall–Kier alpha value is -0.770. The van der Waals surface area contributed by atoms with E-state index >= 15 is 0 Å². The summed E-state index contributed by atoms with van der Waals surface area (Å²) < 4.78 is 0. The number of hydrogen-bond donors (Lipinski definition) is 2. The lowest BCUT2D eigenvalue weighted by atomic mass is 10.2. The molecule has 5 heteroatoms. The molecule has 0 spiro atoms. The second kappa shape index (κ2) is 6.24. The molecule has 0 saturated carbocycles. The van der Waals surface area contributed by atoms with Crippen molar-refractivity contribution in [2.75, 3.05) is 14.1 Å². The first kappa shape index (κ1) is 14.3. The molecule has 1 unspecified atom stereocenters. The molecular formula is C12H17Cl2N2O+. The lowest BCUT2D eigenvalue weighted by Crippen LogP contribution is -3.12. The van der Waals surface area contributed by atoms with Gasteiger partial charge in [0.25, 0.3) is 5.91 Å². The van der Waals surface area contributed by atoms with E-state index in [9.17, 15) is 4.79 Å². The maximum absolute atomic E-state index is 11.5. The first-order valence-electron chi connectivity index (χ1n) is 5.43. The molecule has 1 amide bonds. The van der Waals surface area contributed by atoms with Crippen molar-refractivity contribution in [3.8, 4) is 0 Å². The molecular weight excluding hydrogens is 259 g/mol. The molecule has 1 aromatic rings. The van der Waals surface area contributed by atoms with Crippen molar-refractivity contribution in [1.82, 2.24) is 5.32 Å². The van der Waals surface area contributed by atoms with E-state index in [4.69, 9.17) is 23.2 Å². The summed E-state index contributed by atoms with van der Waals surface area (Å²) in [4.78, 5) is 12.6. The largest absolute Gasteiger partial charge is 0.354 e. The molecule has 0 fully saturated rings. The smallest absolute Gasteiger partial charge is 0.277 e. The standard InChI is InChI=1S/C12H16Cl2N2O/c1-8(12(17)15-2)16(3)7-9-4-5-10(13)6-11(9)14/h4-6,8H,7H2,1-3H3,(H,15,17)/p+1/t8-/m0/s1. The molecule has 0 radical (unpaired) electrons. The summed E-state index contributed by atoms with van der Waals surface area (Å²) in [6.45, 7) is 2.57. The van der Waals surface area contributed by atoms with Crippen LogP contribution in [0.3, 0.4) is 0 Å². The fourth-order valence-corrected chi connectivity index (χ4v) is 2.03. The second-order valence-corrected chi connectivity index (χ2v) is 4.94. The van der Waals surface area contributed by atoms with Crippen molar-refractivity contribution in [2.45, 2.75) is 19.5 Å². The van der Waals surface area contributed by atoms with Gasteiger partial charge >= 0.3 is 0 Å². The van der Waals surface area contributed by atoms with Gasteiger partial charge in [0.2, 0.25) is 0 Å². The van der Waals surface area contributed by atoms with Crippen LogP contribution in [-0.4, -0.2) is 26.0 Å². The predicted molar refractivity (Wildman–Crippen MR) is 70.6 cm³/mol. The second-order valence-electron chi connectivity index (χ2n) is 4.09. The third-order valence-electron chi connectivity index (χ3n) is 2.86.